The number of nitrogens with zero attached hydrogens (tertiary/aromatic N) is 2. The molecule has 2 heterocycles. The van der Waals surface area contributed by atoms with Gasteiger partial charge in [-0.05, 0) is 41.1 Å². The highest BCUT2D eigenvalue weighted by molar-refractivity contribution is 14.1. The van der Waals surface area contributed by atoms with Gasteiger partial charge in [-0.25, -0.2) is 9.78 Å². The molecule has 0 aliphatic heterocycles. The van der Waals surface area contributed by atoms with Crippen molar-refractivity contribution in [2.75, 3.05) is 0 Å². The Bertz CT molecular complexity index is 923. The van der Waals surface area contributed by atoms with Gasteiger partial charge in [-0.2, -0.15) is 0 Å². The Kier molecular flexibility index (Phi) is 3.66. The van der Waals surface area contributed by atoms with Crippen LogP contribution in [-0.4, -0.2) is 19.5 Å². The maximum absolute atomic E-state index is 11.9. The minimum atomic E-state index is -0.438. The van der Waals surface area contributed by atoms with Crippen molar-refractivity contribution in [3.8, 4) is 11.4 Å². The predicted octanol–water partition coefficient (Wildman–Crippen LogP) is 2.09. The topological polar surface area (TPSA) is 83.5 Å². The molecule has 2 aromatic heterocycles. The second-order valence-corrected chi connectivity index (χ2v) is 5.95. The highest BCUT2D eigenvalue weighted by Gasteiger charge is 2.13. The molecule has 0 saturated carbocycles. The van der Waals surface area contributed by atoms with Gasteiger partial charge in [0.15, 0.2) is 5.65 Å². The third-order valence-corrected chi connectivity index (χ3v) is 3.85. The lowest BCUT2D eigenvalue weighted by Gasteiger charge is -2.02. The van der Waals surface area contributed by atoms with Gasteiger partial charge in [-0.3, -0.25) is 14.3 Å². The molecule has 7 heteroatoms. The first kappa shape index (κ1) is 14.1. The van der Waals surface area contributed by atoms with E-state index < -0.39 is 11.2 Å². The molecule has 108 valence electrons. The van der Waals surface area contributed by atoms with E-state index in [0.717, 1.165) is 15.6 Å². The summed E-state index contributed by atoms with van der Waals surface area (Å²) < 4.78 is 2.57. The van der Waals surface area contributed by atoms with Gasteiger partial charge < -0.3 is 4.98 Å². The third kappa shape index (κ3) is 2.53. The van der Waals surface area contributed by atoms with E-state index in [1.807, 2.05) is 31.2 Å². The molecule has 0 bridgehead atoms. The fourth-order valence-electron chi connectivity index (χ4n) is 2.24. The smallest absolute Gasteiger partial charge is 0.330 e. The summed E-state index contributed by atoms with van der Waals surface area (Å²) >= 11 is 2.22. The summed E-state index contributed by atoms with van der Waals surface area (Å²) in [6.45, 7) is 2.49. The summed E-state index contributed by atoms with van der Waals surface area (Å²) in [5.41, 5.74) is 0.756. The van der Waals surface area contributed by atoms with Crippen molar-refractivity contribution in [2.45, 2.75) is 19.9 Å². The zero-order valence-electron chi connectivity index (χ0n) is 11.3. The van der Waals surface area contributed by atoms with Gasteiger partial charge >= 0.3 is 5.69 Å². The minimum Gasteiger partial charge on any atom is -0.332 e. The Morgan fingerprint density at radius 2 is 2.10 bits per heavy atom. The number of aryl methyl sites for hydroxylation is 1. The minimum absolute atomic E-state index is 0.330. The number of hydrogen-bond donors (Lipinski definition) is 2. The fourth-order valence-corrected chi connectivity index (χ4v) is 2.79. The first-order valence-electron chi connectivity index (χ1n) is 6.59. The number of benzene rings is 1. The summed E-state index contributed by atoms with van der Waals surface area (Å²) in [5.74, 6) is 0.587. The van der Waals surface area contributed by atoms with Gasteiger partial charge in [-0.15, -0.1) is 0 Å². The standard InChI is InChI=1S/C14H13IN4O2/c1-2-6-19-12-10(13(20)18-14(19)21)16-11(17-12)8-4-3-5-9(15)7-8/h3-5,7H,2,6H2,1H3,(H,16,17)(H,18,20,21). The fraction of sp³-hybridized carbons (Fsp3) is 0.214. The Labute approximate surface area is 133 Å². The van der Waals surface area contributed by atoms with Crippen molar-refractivity contribution in [3.63, 3.8) is 0 Å². The van der Waals surface area contributed by atoms with Crippen LogP contribution in [-0.2, 0) is 6.54 Å². The van der Waals surface area contributed by atoms with E-state index in [9.17, 15) is 9.59 Å². The Balaban J connectivity index is 2.29. The summed E-state index contributed by atoms with van der Waals surface area (Å²) in [6, 6.07) is 7.78. The Morgan fingerprint density at radius 1 is 1.29 bits per heavy atom. The highest BCUT2D eigenvalue weighted by Crippen LogP contribution is 2.20. The van der Waals surface area contributed by atoms with Crippen LogP contribution in [0.1, 0.15) is 13.3 Å². The maximum atomic E-state index is 11.9. The van der Waals surface area contributed by atoms with Crippen LogP contribution < -0.4 is 11.2 Å². The highest BCUT2D eigenvalue weighted by atomic mass is 127. The van der Waals surface area contributed by atoms with Crippen LogP contribution in [0, 0.1) is 3.57 Å². The SMILES string of the molecule is CCCn1c(=O)[nH]c(=O)c2[nH]c(-c3cccc(I)c3)nc21. The van der Waals surface area contributed by atoms with E-state index >= 15 is 0 Å². The van der Waals surface area contributed by atoms with E-state index in [4.69, 9.17) is 0 Å². The van der Waals surface area contributed by atoms with Gasteiger partial charge in [0.1, 0.15) is 11.3 Å². The van der Waals surface area contributed by atoms with E-state index in [2.05, 4.69) is 37.5 Å². The third-order valence-electron chi connectivity index (χ3n) is 3.18. The molecule has 6 nitrogen and oxygen atoms in total. The number of nitrogens with one attached hydrogen (secondary N) is 2. The monoisotopic (exact) mass is 396 g/mol. The number of imidazole rings is 1. The van der Waals surface area contributed by atoms with E-state index in [-0.39, 0.29) is 0 Å². The first-order chi connectivity index (χ1) is 10.1. The van der Waals surface area contributed by atoms with E-state index in [1.54, 1.807) is 0 Å². The molecule has 0 spiro atoms. The largest absolute Gasteiger partial charge is 0.332 e. The molecule has 21 heavy (non-hydrogen) atoms. The molecule has 2 N–H and O–H groups in total. The van der Waals surface area contributed by atoms with Crippen molar-refractivity contribution in [1.82, 2.24) is 19.5 Å². The van der Waals surface area contributed by atoms with Gasteiger partial charge in [-0.1, -0.05) is 19.1 Å². The first-order valence-corrected chi connectivity index (χ1v) is 7.67. The summed E-state index contributed by atoms with van der Waals surface area (Å²) in [7, 11) is 0. The van der Waals surface area contributed by atoms with Crippen LogP contribution in [0.25, 0.3) is 22.6 Å². The second-order valence-electron chi connectivity index (χ2n) is 4.71. The number of fused-ring (bicyclic) bond motifs is 1. The Hall–Kier alpha value is -1.90. The zero-order valence-corrected chi connectivity index (χ0v) is 13.5. The lowest BCUT2D eigenvalue weighted by Crippen LogP contribution is -2.30. The molecule has 0 aliphatic rings. The van der Waals surface area contributed by atoms with Gasteiger partial charge in [0, 0.05) is 15.7 Å². The zero-order chi connectivity index (χ0) is 15.0. The van der Waals surface area contributed by atoms with Crippen molar-refractivity contribution < 1.29 is 0 Å². The molecule has 0 unspecified atom stereocenters. The second kappa shape index (κ2) is 5.47. The molecule has 3 aromatic rings. The Morgan fingerprint density at radius 3 is 2.81 bits per heavy atom. The van der Waals surface area contributed by atoms with Crippen LogP contribution in [0.5, 0.6) is 0 Å². The average molecular weight is 396 g/mol. The van der Waals surface area contributed by atoms with Crippen LogP contribution in [0.15, 0.2) is 33.9 Å². The number of rotatable bonds is 3. The summed E-state index contributed by atoms with van der Waals surface area (Å²) in [4.78, 5) is 33.6. The number of H-pyrrole nitrogens is 2. The maximum Gasteiger partial charge on any atom is 0.330 e. The summed E-state index contributed by atoms with van der Waals surface area (Å²) in [5, 5.41) is 0. The lowest BCUT2D eigenvalue weighted by atomic mass is 10.2. The summed E-state index contributed by atoms with van der Waals surface area (Å²) in [6.07, 6.45) is 0.784. The van der Waals surface area contributed by atoms with E-state index in [0.29, 0.717) is 23.5 Å². The normalized spacial score (nSPS) is 11.1. The average Bonchev–Trinajstić information content (AvgIpc) is 2.89. The van der Waals surface area contributed by atoms with Gasteiger partial charge in [0.25, 0.3) is 5.56 Å². The number of aromatic nitrogens is 4. The van der Waals surface area contributed by atoms with Crippen molar-refractivity contribution >= 4 is 33.8 Å². The van der Waals surface area contributed by atoms with Crippen LogP contribution >= 0.6 is 22.6 Å². The molecule has 0 aliphatic carbocycles. The number of hydrogen-bond acceptors (Lipinski definition) is 3. The van der Waals surface area contributed by atoms with Crippen molar-refractivity contribution in [1.29, 1.82) is 0 Å². The molecule has 0 amide bonds. The van der Waals surface area contributed by atoms with Crippen molar-refractivity contribution in [3.05, 3.63) is 48.7 Å². The van der Waals surface area contributed by atoms with Crippen molar-refractivity contribution in [2.24, 2.45) is 0 Å². The molecule has 3 rings (SSSR count). The molecule has 0 radical (unpaired) electrons. The predicted molar refractivity (Wildman–Crippen MR) is 89.4 cm³/mol. The molecular weight excluding hydrogens is 383 g/mol. The van der Waals surface area contributed by atoms with Crippen LogP contribution in [0.3, 0.4) is 0 Å². The molecule has 0 fully saturated rings. The molecular formula is C14H13IN4O2. The van der Waals surface area contributed by atoms with Crippen LogP contribution in [0.4, 0.5) is 0 Å². The van der Waals surface area contributed by atoms with Crippen LogP contribution in [0.2, 0.25) is 0 Å². The molecule has 0 atom stereocenters. The molecule has 0 saturated heterocycles. The quantitative estimate of drug-likeness (QED) is 0.666. The molecule has 1 aromatic carbocycles. The van der Waals surface area contributed by atoms with E-state index in [1.165, 1.54) is 4.57 Å². The lowest BCUT2D eigenvalue weighted by molar-refractivity contribution is 0.653. The number of aromatic amines is 2. The van der Waals surface area contributed by atoms with Gasteiger partial charge in [0.05, 0.1) is 0 Å². The van der Waals surface area contributed by atoms with Gasteiger partial charge in [0.2, 0.25) is 0 Å². The number of halogens is 1.